The van der Waals surface area contributed by atoms with Crippen LogP contribution in [0.3, 0.4) is 0 Å². The van der Waals surface area contributed by atoms with E-state index < -0.39 is 4.92 Å². The van der Waals surface area contributed by atoms with E-state index in [4.69, 9.17) is 0 Å². The van der Waals surface area contributed by atoms with Gasteiger partial charge in [0.25, 0.3) is 5.69 Å². The summed E-state index contributed by atoms with van der Waals surface area (Å²) in [4.78, 5) is 10.1. The first-order chi connectivity index (χ1) is 9.06. The Bertz CT molecular complexity index is 636. The summed E-state index contributed by atoms with van der Waals surface area (Å²) in [6.07, 6.45) is 3.72. The molecule has 0 amide bonds. The fourth-order valence-electron chi connectivity index (χ4n) is 1.53. The van der Waals surface area contributed by atoms with E-state index in [1.807, 2.05) is 12.2 Å². The maximum atomic E-state index is 10.5. The molecule has 0 aliphatic rings. The fourth-order valence-corrected chi connectivity index (χ4v) is 1.92. The lowest BCUT2D eigenvalue weighted by Gasteiger charge is -1.98. The van der Waals surface area contributed by atoms with Crippen molar-refractivity contribution in [1.29, 1.82) is 0 Å². The van der Waals surface area contributed by atoms with Crippen LogP contribution in [0.5, 0.6) is 5.75 Å². The van der Waals surface area contributed by atoms with Crippen LogP contribution in [-0.2, 0) is 0 Å². The van der Waals surface area contributed by atoms with Crippen molar-refractivity contribution in [1.82, 2.24) is 0 Å². The fraction of sp³-hybridized carbons (Fsp3) is 0. The first-order valence-electron chi connectivity index (χ1n) is 5.47. The molecule has 0 radical (unpaired) electrons. The molecule has 96 valence electrons. The van der Waals surface area contributed by atoms with E-state index in [1.165, 1.54) is 12.1 Å². The Kier molecular flexibility index (Phi) is 3.97. The quantitative estimate of drug-likeness (QED) is 0.523. The molecule has 2 aromatic rings. The minimum atomic E-state index is -0.426. The number of hydrogen-bond donors (Lipinski definition) is 1. The third-order valence-corrected chi connectivity index (χ3v) is 3.18. The monoisotopic (exact) mass is 319 g/mol. The summed E-state index contributed by atoms with van der Waals surface area (Å²) in [6.45, 7) is 0. The maximum Gasteiger partial charge on any atom is 0.269 e. The second-order valence-electron chi connectivity index (χ2n) is 3.89. The van der Waals surface area contributed by atoms with Crippen LogP contribution in [0.4, 0.5) is 5.69 Å². The molecule has 0 bridgehead atoms. The molecule has 1 N–H and O–H groups in total. The summed E-state index contributed by atoms with van der Waals surface area (Å²) in [5, 5.41) is 19.9. The Morgan fingerprint density at radius 2 is 1.63 bits per heavy atom. The molecule has 0 aliphatic carbocycles. The van der Waals surface area contributed by atoms with Gasteiger partial charge in [0.05, 0.1) is 9.40 Å². The summed E-state index contributed by atoms with van der Waals surface area (Å²) in [6, 6.07) is 11.5. The summed E-state index contributed by atoms with van der Waals surface area (Å²) in [5.41, 5.74) is 1.86. The minimum Gasteiger partial charge on any atom is -0.507 e. The smallest absolute Gasteiger partial charge is 0.269 e. The predicted octanol–water partition coefficient (Wildman–Crippen LogP) is 4.23. The van der Waals surface area contributed by atoms with Gasteiger partial charge in [0.2, 0.25) is 0 Å². The Morgan fingerprint density at radius 1 is 1.05 bits per heavy atom. The second kappa shape index (κ2) is 5.67. The number of phenolic OH excluding ortho intramolecular Hbond substituents is 1. The van der Waals surface area contributed by atoms with Crippen molar-refractivity contribution in [2.24, 2.45) is 0 Å². The van der Waals surface area contributed by atoms with Crippen LogP contribution < -0.4 is 0 Å². The zero-order valence-electron chi connectivity index (χ0n) is 9.79. The van der Waals surface area contributed by atoms with Crippen LogP contribution in [0.1, 0.15) is 11.1 Å². The van der Waals surface area contributed by atoms with Gasteiger partial charge in [-0.25, -0.2) is 0 Å². The average Bonchev–Trinajstić information content (AvgIpc) is 2.40. The highest BCUT2D eigenvalue weighted by Crippen LogP contribution is 2.25. The molecular weight excluding hydrogens is 310 g/mol. The minimum absolute atomic E-state index is 0.0736. The van der Waals surface area contributed by atoms with E-state index in [0.29, 0.717) is 4.47 Å². The third kappa shape index (κ3) is 3.42. The molecule has 0 unspecified atom stereocenters. The molecule has 5 heteroatoms. The van der Waals surface area contributed by atoms with Gasteiger partial charge in [0.1, 0.15) is 5.75 Å². The molecule has 0 fully saturated rings. The predicted molar refractivity (Wildman–Crippen MR) is 77.8 cm³/mol. The summed E-state index contributed by atoms with van der Waals surface area (Å²) in [5.74, 6) is 0.187. The van der Waals surface area contributed by atoms with Crippen LogP contribution in [-0.4, -0.2) is 10.0 Å². The number of nitro groups is 1. The number of hydrogen-bond acceptors (Lipinski definition) is 3. The van der Waals surface area contributed by atoms with Crippen LogP contribution >= 0.6 is 15.9 Å². The first-order valence-corrected chi connectivity index (χ1v) is 6.26. The van der Waals surface area contributed by atoms with Gasteiger partial charge >= 0.3 is 0 Å². The lowest BCUT2D eigenvalue weighted by Crippen LogP contribution is -1.86. The number of non-ortho nitro benzene ring substituents is 1. The Hall–Kier alpha value is -2.14. The van der Waals surface area contributed by atoms with Crippen LogP contribution in [0.25, 0.3) is 12.2 Å². The Balaban J connectivity index is 2.17. The van der Waals surface area contributed by atoms with Crippen molar-refractivity contribution in [3.05, 3.63) is 68.2 Å². The van der Waals surface area contributed by atoms with Crippen molar-refractivity contribution in [2.45, 2.75) is 0 Å². The van der Waals surface area contributed by atoms with Gasteiger partial charge in [0, 0.05) is 12.1 Å². The molecule has 2 aromatic carbocycles. The first kappa shape index (κ1) is 13.3. The number of halogens is 1. The van der Waals surface area contributed by atoms with E-state index in [9.17, 15) is 15.2 Å². The number of rotatable bonds is 3. The average molecular weight is 320 g/mol. The van der Waals surface area contributed by atoms with Gasteiger partial charge in [-0.05, 0) is 51.3 Å². The van der Waals surface area contributed by atoms with Gasteiger partial charge in [-0.1, -0.05) is 18.2 Å². The van der Waals surface area contributed by atoms with Crippen molar-refractivity contribution < 1.29 is 10.0 Å². The topological polar surface area (TPSA) is 63.4 Å². The Morgan fingerprint density at radius 3 is 2.21 bits per heavy atom. The van der Waals surface area contributed by atoms with Gasteiger partial charge in [0.15, 0.2) is 0 Å². The van der Waals surface area contributed by atoms with E-state index in [1.54, 1.807) is 30.3 Å². The molecule has 2 rings (SSSR count). The molecule has 0 atom stereocenters. The molecule has 4 nitrogen and oxygen atoms in total. The summed E-state index contributed by atoms with van der Waals surface area (Å²) in [7, 11) is 0. The number of benzene rings is 2. The van der Waals surface area contributed by atoms with Crippen LogP contribution in [0, 0.1) is 10.1 Å². The van der Waals surface area contributed by atoms with Gasteiger partial charge in [-0.15, -0.1) is 0 Å². The van der Waals surface area contributed by atoms with Crippen molar-refractivity contribution >= 4 is 33.8 Å². The van der Waals surface area contributed by atoms with Crippen molar-refractivity contribution in [2.75, 3.05) is 0 Å². The number of aromatic hydroxyl groups is 1. The SMILES string of the molecule is O=[N+]([O-])c1ccc(/C=C/c2ccc(O)c(Br)c2)cc1. The second-order valence-corrected chi connectivity index (χ2v) is 4.75. The molecule has 0 aliphatic heterocycles. The molecule has 19 heavy (non-hydrogen) atoms. The highest BCUT2D eigenvalue weighted by atomic mass is 79.9. The standard InChI is InChI=1S/C14H10BrNO3/c15-13-9-11(5-8-14(13)17)2-1-10-3-6-12(7-4-10)16(18)19/h1-9,17H/b2-1+. The number of nitrogens with zero attached hydrogens (tertiary/aromatic N) is 1. The third-order valence-electron chi connectivity index (χ3n) is 2.54. The molecule has 0 heterocycles. The van der Waals surface area contributed by atoms with Gasteiger partial charge < -0.3 is 5.11 Å². The summed E-state index contributed by atoms with van der Waals surface area (Å²) >= 11 is 3.24. The lowest BCUT2D eigenvalue weighted by molar-refractivity contribution is -0.384. The van der Waals surface area contributed by atoms with E-state index in [0.717, 1.165) is 11.1 Å². The molecule has 0 saturated carbocycles. The van der Waals surface area contributed by atoms with Crippen molar-refractivity contribution in [3.8, 4) is 5.75 Å². The molecule has 0 spiro atoms. The van der Waals surface area contributed by atoms with Crippen LogP contribution in [0.2, 0.25) is 0 Å². The normalized spacial score (nSPS) is 10.8. The van der Waals surface area contributed by atoms with Gasteiger partial charge in [-0.2, -0.15) is 0 Å². The lowest BCUT2D eigenvalue weighted by atomic mass is 10.1. The Labute approximate surface area is 118 Å². The van der Waals surface area contributed by atoms with E-state index in [2.05, 4.69) is 15.9 Å². The molecule has 0 saturated heterocycles. The number of phenols is 1. The zero-order valence-corrected chi connectivity index (χ0v) is 11.4. The highest BCUT2D eigenvalue weighted by Gasteiger charge is 2.02. The van der Waals surface area contributed by atoms with E-state index >= 15 is 0 Å². The van der Waals surface area contributed by atoms with E-state index in [-0.39, 0.29) is 11.4 Å². The van der Waals surface area contributed by atoms with Gasteiger partial charge in [-0.3, -0.25) is 10.1 Å². The summed E-state index contributed by atoms with van der Waals surface area (Å²) < 4.78 is 0.623. The maximum absolute atomic E-state index is 10.5. The molecule has 0 aromatic heterocycles. The molecular formula is C14H10BrNO3. The highest BCUT2D eigenvalue weighted by molar-refractivity contribution is 9.10. The van der Waals surface area contributed by atoms with Crippen LogP contribution in [0.15, 0.2) is 46.9 Å². The zero-order chi connectivity index (χ0) is 13.8. The van der Waals surface area contributed by atoms with Crippen molar-refractivity contribution in [3.63, 3.8) is 0 Å². The number of nitro benzene ring substituents is 1. The largest absolute Gasteiger partial charge is 0.507 e.